The summed E-state index contributed by atoms with van der Waals surface area (Å²) in [4.78, 5) is 11.5. The van der Waals surface area contributed by atoms with Crippen LogP contribution in [0.2, 0.25) is 0 Å². The number of carboxylic acids is 1. The summed E-state index contributed by atoms with van der Waals surface area (Å²) >= 11 is 0. The van der Waals surface area contributed by atoms with E-state index in [2.05, 4.69) is 25.7 Å². The lowest BCUT2D eigenvalue weighted by molar-refractivity contribution is -0.144. The molecule has 0 amide bonds. The number of carboxylic acid groups (broad SMARTS) is 1. The van der Waals surface area contributed by atoms with Crippen LogP contribution in [0.3, 0.4) is 0 Å². The van der Waals surface area contributed by atoms with Gasteiger partial charge in [0.2, 0.25) is 0 Å². The number of rotatable bonds is 3. The maximum atomic E-state index is 11.5. The van der Waals surface area contributed by atoms with Gasteiger partial charge in [-0.1, -0.05) is 43.7 Å². The zero-order chi connectivity index (χ0) is 18.2. The molecule has 0 aliphatic heterocycles. The quantitative estimate of drug-likeness (QED) is 0.767. The standard InChI is InChI=1S/C22H32O3/c1-14-6-9-18(23)13-17(14)8-7-16-5-4-12-22(3)19(10-11-20(16)22)15(2)21(24)25/h7-8,15,18-20,23H,1,4-6,9-13H2,2-3H3,(H,24,25)/b16-7+,17-8-/t15-,18-,19?,20?,22?/m0/s1. The van der Waals surface area contributed by atoms with Crippen molar-refractivity contribution >= 4 is 5.97 Å². The van der Waals surface area contributed by atoms with Crippen LogP contribution in [-0.2, 0) is 4.79 Å². The van der Waals surface area contributed by atoms with Crippen LogP contribution in [0.5, 0.6) is 0 Å². The Hall–Kier alpha value is -1.35. The van der Waals surface area contributed by atoms with Crippen LogP contribution in [0.4, 0.5) is 0 Å². The van der Waals surface area contributed by atoms with Gasteiger partial charge < -0.3 is 10.2 Å². The van der Waals surface area contributed by atoms with Gasteiger partial charge in [0.05, 0.1) is 12.0 Å². The highest BCUT2D eigenvalue weighted by Crippen LogP contribution is 2.59. The largest absolute Gasteiger partial charge is 0.481 e. The minimum atomic E-state index is -0.655. The molecule has 3 unspecified atom stereocenters. The van der Waals surface area contributed by atoms with Gasteiger partial charge in [0.15, 0.2) is 0 Å². The lowest BCUT2D eigenvalue weighted by Gasteiger charge is -2.43. The third-order valence-electron chi connectivity index (χ3n) is 7.22. The highest BCUT2D eigenvalue weighted by molar-refractivity contribution is 5.70. The molecule has 3 rings (SSSR count). The van der Waals surface area contributed by atoms with Gasteiger partial charge in [-0.3, -0.25) is 4.79 Å². The number of aliphatic carboxylic acids is 1. The predicted molar refractivity (Wildman–Crippen MR) is 100 cm³/mol. The van der Waals surface area contributed by atoms with Crippen LogP contribution in [0.15, 0.2) is 35.5 Å². The van der Waals surface area contributed by atoms with Crippen LogP contribution in [0.25, 0.3) is 0 Å². The normalized spacial score (nSPS) is 40.3. The van der Waals surface area contributed by atoms with Crippen molar-refractivity contribution in [2.24, 2.45) is 23.2 Å². The number of carbonyl (C=O) groups is 1. The van der Waals surface area contributed by atoms with Crippen molar-refractivity contribution in [1.29, 1.82) is 0 Å². The maximum absolute atomic E-state index is 11.5. The third-order valence-corrected chi connectivity index (χ3v) is 7.22. The van der Waals surface area contributed by atoms with E-state index < -0.39 is 5.97 Å². The van der Waals surface area contributed by atoms with E-state index in [1.54, 1.807) is 0 Å². The SMILES string of the molecule is C=C1CC[C@H](O)C/C1=C/C=C1\CCCC2(C)C1CCC2[C@H](C)C(=O)O. The summed E-state index contributed by atoms with van der Waals surface area (Å²) in [6, 6.07) is 0. The molecule has 0 aromatic carbocycles. The second-order valence-electron chi connectivity index (χ2n) is 8.66. The molecule has 0 radical (unpaired) electrons. The highest BCUT2D eigenvalue weighted by atomic mass is 16.4. The van der Waals surface area contributed by atoms with Crippen LogP contribution >= 0.6 is 0 Å². The zero-order valence-corrected chi connectivity index (χ0v) is 15.6. The Kier molecular flexibility index (Phi) is 5.24. The van der Waals surface area contributed by atoms with Gasteiger partial charge >= 0.3 is 5.97 Å². The molecule has 0 aromatic rings. The second-order valence-corrected chi connectivity index (χ2v) is 8.66. The van der Waals surface area contributed by atoms with Crippen molar-refractivity contribution in [3.05, 3.63) is 35.5 Å². The van der Waals surface area contributed by atoms with Gasteiger partial charge in [-0.25, -0.2) is 0 Å². The predicted octanol–water partition coefficient (Wildman–Crippen LogP) is 4.88. The number of hydrogen-bond acceptors (Lipinski definition) is 2. The van der Waals surface area contributed by atoms with Gasteiger partial charge in [0.25, 0.3) is 0 Å². The number of fused-ring (bicyclic) bond motifs is 1. The molecule has 2 N–H and O–H groups in total. The Morgan fingerprint density at radius 1 is 1.28 bits per heavy atom. The van der Waals surface area contributed by atoms with Gasteiger partial charge in [0, 0.05) is 0 Å². The molecular weight excluding hydrogens is 312 g/mol. The van der Waals surface area contributed by atoms with Gasteiger partial charge in [-0.15, -0.1) is 0 Å². The van der Waals surface area contributed by atoms with Gasteiger partial charge in [0.1, 0.15) is 0 Å². The Bertz CT molecular complexity index is 615. The van der Waals surface area contributed by atoms with Crippen molar-refractivity contribution in [2.45, 2.75) is 71.3 Å². The molecule has 0 saturated heterocycles. The van der Waals surface area contributed by atoms with E-state index >= 15 is 0 Å². The Balaban J connectivity index is 1.82. The molecule has 3 aliphatic carbocycles. The molecular formula is C22H32O3. The monoisotopic (exact) mass is 344 g/mol. The first-order valence-electron chi connectivity index (χ1n) is 9.81. The molecule has 3 fully saturated rings. The third kappa shape index (κ3) is 3.48. The maximum Gasteiger partial charge on any atom is 0.306 e. The topological polar surface area (TPSA) is 57.5 Å². The van der Waals surface area contributed by atoms with Crippen molar-refractivity contribution < 1.29 is 15.0 Å². The minimum absolute atomic E-state index is 0.115. The zero-order valence-electron chi connectivity index (χ0n) is 15.6. The van der Waals surface area contributed by atoms with E-state index in [0.717, 1.165) is 50.5 Å². The fourth-order valence-corrected chi connectivity index (χ4v) is 5.67. The molecule has 138 valence electrons. The summed E-state index contributed by atoms with van der Waals surface area (Å²) in [5, 5.41) is 19.4. The molecule has 3 heteroatoms. The van der Waals surface area contributed by atoms with E-state index in [0.29, 0.717) is 12.3 Å². The van der Waals surface area contributed by atoms with Crippen LogP contribution < -0.4 is 0 Å². The van der Waals surface area contributed by atoms with E-state index in [4.69, 9.17) is 0 Å². The van der Waals surface area contributed by atoms with Crippen LogP contribution in [-0.4, -0.2) is 22.3 Å². The van der Waals surface area contributed by atoms with Crippen molar-refractivity contribution in [1.82, 2.24) is 0 Å². The average molecular weight is 344 g/mol. The Labute approximate surface area is 151 Å². The first-order valence-corrected chi connectivity index (χ1v) is 9.81. The average Bonchev–Trinajstić information content (AvgIpc) is 2.92. The fraction of sp³-hybridized carbons (Fsp3) is 0.682. The van der Waals surface area contributed by atoms with Crippen molar-refractivity contribution in [2.75, 3.05) is 0 Å². The molecule has 0 bridgehead atoms. The Morgan fingerprint density at radius 3 is 2.76 bits per heavy atom. The summed E-state index contributed by atoms with van der Waals surface area (Å²) in [6.45, 7) is 8.36. The first kappa shape index (κ1) is 18.4. The van der Waals surface area contributed by atoms with E-state index in [-0.39, 0.29) is 23.4 Å². The summed E-state index contributed by atoms with van der Waals surface area (Å²) in [7, 11) is 0. The van der Waals surface area contributed by atoms with Crippen LogP contribution in [0, 0.1) is 23.2 Å². The molecule has 3 saturated carbocycles. The number of aliphatic hydroxyl groups is 1. The highest BCUT2D eigenvalue weighted by Gasteiger charge is 2.51. The molecule has 0 spiro atoms. The smallest absolute Gasteiger partial charge is 0.306 e. The van der Waals surface area contributed by atoms with Gasteiger partial charge in [-0.05, 0) is 74.2 Å². The number of allylic oxidation sites excluding steroid dienone is 4. The number of hydrogen-bond donors (Lipinski definition) is 2. The summed E-state index contributed by atoms with van der Waals surface area (Å²) in [5.74, 6) is -0.136. The summed E-state index contributed by atoms with van der Waals surface area (Å²) in [6.07, 6.45) is 12.2. The molecule has 3 nitrogen and oxygen atoms in total. The van der Waals surface area contributed by atoms with E-state index in [9.17, 15) is 15.0 Å². The van der Waals surface area contributed by atoms with E-state index in [1.165, 1.54) is 11.1 Å². The molecule has 25 heavy (non-hydrogen) atoms. The molecule has 3 aliphatic rings. The lowest BCUT2D eigenvalue weighted by Crippen LogP contribution is -2.38. The lowest BCUT2D eigenvalue weighted by atomic mass is 9.61. The number of aliphatic hydroxyl groups excluding tert-OH is 1. The summed E-state index contributed by atoms with van der Waals surface area (Å²) < 4.78 is 0. The molecule has 5 atom stereocenters. The van der Waals surface area contributed by atoms with Crippen molar-refractivity contribution in [3.8, 4) is 0 Å². The Morgan fingerprint density at radius 2 is 2.04 bits per heavy atom. The van der Waals surface area contributed by atoms with Gasteiger partial charge in [-0.2, -0.15) is 0 Å². The van der Waals surface area contributed by atoms with Crippen molar-refractivity contribution in [3.63, 3.8) is 0 Å². The van der Waals surface area contributed by atoms with E-state index in [1.807, 2.05) is 6.92 Å². The summed E-state index contributed by atoms with van der Waals surface area (Å²) in [5.41, 5.74) is 3.94. The fourth-order valence-electron chi connectivity index (χ4n) is 5.67. The molecule has 0 aromatic heterocycles. The minimum Gasteiger partial charge on any atom is -0.481 e. The first-order chi connectivity index (χ1) is 11.8. The molecule has 0 heterocycles. The van der Waals surface area contributed by atoms with Crippen LogP contribution in [0.1, 0.15) is 65.2 Å². The second kappa shape index (κ2) is 7.11.